The fourth-order valence-corrected chi connectivity index (χ4v) is 4.78. The second-order valence-electron chi connectivity index (χ2n) is 9.93. The second kappa shape index (κ2) is 10.7. The number of benzene rings is 1. The van der Waals surface area contributed by atoms with Gasteiger partial charge in [0.05, 0.1) is 23.4 Å². The molecule has 0 radical (unpaired) electrons. The van der Waals surface area contributed by atoms with E-state index in [0.717, 1.165) is 25.7 Å². The lowest BCUT2D eigenvalue weighted by Crippen LogP contribution is -2.29. The van der Waals surface area contributed by atoms with Gasteiger partial charge >= 0.3 is 0 Å². The standard InChI is InChI=1S/C26H33ClN4O4/c1-26(2,34)17-30-13-12-23(29-30)28-25(33)21(14-18-8-4-3-5-9-18)31-16-19(15-24(31)32)35-22-11-7-6-10-20(22)27/h6-7,10-13,15-16,18,21,32,34H,3-5,8-9,14,17H2,1-2H3,(H,28,29,33)/t21-/m0/s1. The van der Waals surface area contributed by atoms with E-state index in [-0.39, 0.29) is 11.8 Å². The molecule has 0 saturated heterocycles. The van der Waals surface area contributed by atoms with E-state index in [9.17, 15) is 15.0 Å². The Bertz CT molecular complexity index is 1140. The maximum Gasteiger partial charge on any atom is 0.248 e. The molecule has 1 saturated carbocycles. The zero-order valence-electron chi connectivity index (χ0n) is 20.2. The molecule has 1 aliphatic carbocycles. The minimum absolute atomic E-state index is 0.0597. The van der Waals surface area contributed by atoms with E-state index >= 15 is 0 Å². The zero-order chi connectivity index (χ0) is 25.0. The fraction of sp³-hybridized carbons (Fsp3) is 0.462. The Morgan fingerprint density at radius 1 is 1.26 bits per heavy atom. The number of anilines is 1. The molecular weight excluding hydrogens is 468 g/mol. The molecule has 2 aromatic heterocycles. The molecule has 3 N–H and O–H groups in total. The molecule has 0 unspecified atom stereocenters. The van der Waals surface area contributed by atoms with E-state index in [0.29, 0.717) is 41.2 Å². The molecular formula is C26H33ClN4O4. The Morgan fingerprint density at radius 2 is 2.00 bits per heavy atom. The van der Waals surface area contributed by atoms with E-state index in [1.54, 1.807) is 53.7 Å². The van der Waals surface area contributed by atoms with Crippen LogP contribution in [0, 0.1) is 5.92 Å². The molecule has 1 aliphatic rings. The number of rotatable bonds is 9. The Balaban J connectivity index is 1.55. The van der Waals surface area contributed by atoms with Crippen molar-refractivity contribution in [2.45, 2.75) is 70.6 Å². The van der Waals surface area contributed by atoms with Gasteiger partial charge in [0.15, 0.2) is 11.7 Å². The number of halogens is 1. The molecule has 1 aromatic carbocycles. The molecule has 188 valence electrons. The van der Waals surface area contributed by atoms with Gasteiger partial charge in [-0.25, -0.2) is 0 Å². The first-order valence-corrected chi connectivity index (χ1v) is 12.5. The van der Waals surface area contributed by atoms with Crippen LogP contribution in [0.5, 0.6) is 17.4 Å². The van der Waals surface area contributed by atoms with Crippen LogP contribution < -0.4 is 10.1 Å². The highest BCUT2D eigenvalue weighted by Gasteiger charge is 2.29. The lowest BCUT2D eigenvalue weighted by Gasteiger charge is -2.27. The molecule has 0 aliphatic heterocycles. The van der Waals surface area contributed by atoms with Gasteiger partial charge in [-0.2, -0.15) is 5.10 Å². The molecule has 0 bridgehead atoms. The third kappa shape index (κ3) is 6.80. The molecule has 2 heterocycles. The summed E-state index contributed by atoms with van der Waals surface area (Å²) in [7, 11) is 0. The van der Waals surface area contributed by atoms with Crippen molar-refractivity contribution in [3.05, 3.63) is 53.8 Å². The second-order valence-corrected chi connectivity index (χ2v) is 10.3. The Labute approximate surface area is 210 Å². The third-order valence-corrected chi connectivity index (χ3v) is 6.54. The van der Waals surface area contributed by atoms with E-state index in [2.05, 4.69) is 10.4 Å². The van der Waals surface area contributed by atoms with Crippen LogP contribution in [0.3, 0.4) is 0 Å². The average Bonchev–Trinajstić information content (AvgIpc) is 3.38. The molecule has 1 atom stereocenters. The molecule has 9 heteroatoms. The van der Waals surface area contributed by atoms with Gasteiger partial charge in [0.2, 0.25) is 5.91 Å². The van der Waals surface area contributed by atoms with Crippen molar-refractivity contribution in [1.29, 1.82) is 0 Å². The zero-order valence-corrected chi connectivity index (χ0v) is 20.9. The van der Waals surface area contributed by atoms with Crippen LogP contribution >= 0.6 is 11.6 Å². The Morgan fingerprint density at radius 3 is 2.71 bits per heavy atom. The summed E-state index contributed by atoms with van der Waals surface area (Å²) in [5.41, 5.74) is -0.925. The van der Waals surface area contributed by atoms with Crippen LogP contribution in [0.15, 0.2) is 48.8 Å². The number of nitrogens with zero attached hydrogens (tertiary/aromatic N) is 3. The molecule has 1 amide bonds. The number of nitrogens with one attached hydrogen (secondary N) is 1. The number of para-hydroxylation sites is 1. The molecule has 0 spiro atoms. The summed E-state index contributed by atoms with van der Waals surface area (Å²) in [6.45, 7) is 3.70. The summed E-state index contributed by atoms with van der Waals surface area (Å²) in [5.74, 6) is 1.33. The minimum Gasteiger partial charge on any atom is -0.494 e. The van der Waals surface area contributed by atoms with Crippen molar-refractivity contribution in [2.75, 3.05) is 5.32 Å². The number of ether oxygens (including phenoxy) is 1. The predicted octanol–water partition coefficient (Wildman–Crippen LogP) is 5.76. The fourth-order valence-electron chi connectivity index (χ4n) is 4.61. The van der Waals surface area contributed by atoms with Gasteiger partial charge in [0.1, 0.15) is 17.5 Å². The van der Waals surface area contributed by atoms with E-state index in [4.69, 9.17) is 16.3 Å². The van der Waals surface area contributed by atoms with Crippen molar-refractivity contribution in [3.63, 3.8) is 0 Å². The number of aromatic nitrogens is 3. The monoisotopic (exact) mass is 500 g/mol. The smallest absolute Gasteiger partial charge is 0.248 e. The highest BCUT2D eigenvalue weighted by atomic mass is 35.5. The van der Waals surface area contributed by atoms with Gasteiger partial charge in [-0.1, -0.05) is 55.8 Å². The predicted molar refractivity (Wildman–Crippen MR) is 135 cm³/mol. The Kier molecular flexibility index (Phi) is 7.72. The van der Waals surface area contributed by atoms with Gasteiger partial charge < -0.3 is 24.8 Å². The lowest BCUT2D eigenvalue weighted by molar-refractivity contribution is -0.120. The number of amides is 1. The molecule has 8 nitrogen and oxygen atoms in total. The maximum absolute atomic E-state index is 13.5. The van der Waals surface area contributed by atoms with Crippen molar-refractivity contribution < 1.29 is 19.7 Å². The Hall–Kier alpha value is -2.97. The van der Waals surface area contributed by atoms with Crippen LogP contribution in [0.1, 0.15) is 58.4 Å². The van der Waals surface area contributed by atoms with Crippen LogP contribution in [0.2, 0.25) is 5.02 Å². The van der Waals surface area contributed by atoms with Crippen molar-refractivity contribution >= 4 is 23.3 Å². The van der Waals surface area contributed by atoms with E-state index < -0.39 is 11.6 Å². The van der Waals surface area contributed by atoms with Gasteiger partial charge in [-0.15, -0.1) is 0 Å². The summed E-state index contributed by atoms with van der Waals surface area (Å²) in [4.78, 5) is 13.5. The SMILES string of the molecule is CC(C)(O)Cn1ccc(NC(=O)[C@H](CC2CCCCC2)n2cc(Oc3ccccc3Cl)cc2O)n1. The maximum atomic E-state index is 13.5. The summed E-state index contributed by atoms with van der Waals surface area (Å²) in [6.07, 6.45) is 9.60. The summed E-state index contributed by atoms with van der Waals surface area (Å²) in [5, 5.41) is 28.5. The summed E-state index contributed by atoms with van der Waals surface area (Å²) in [6, 6.07) is 9.64. The van der Waals surface area contributed by atoms with Crippen LogP contribution in [-0.4, -0.2) is 36.1 Å². The van der Waals surface area contributed by atoms with Gasteiger partial charge in [-0.3, -0.25) is 9.48 Å². The topological polar surface area (TPSA) is 102 Å². The number of carbonyl (C=O) groups excluding carboxylic acids is 1. The number of hydrogen-bond donors (Lipinski definition) is 3. The number of aliphatic hydroxyl groups is 1. The first-order valence-electron chi connectivity index (χ1n) is 12.1. The highest BCUT2D eigenvalue weighted by molar-refractivity contribution is 6.32. The first kappa shape index (κ1) is 25.1. The molecule has 4 rings (SSSR count). The molecule has 35 heavy (non-hydrogen) atoms. The number of aromatic hydroxyl groups is 1. The van der Waals surface area contributed by atoms with Crippen LogP contribution in [-0.2, 0) is 11.3 Å². The summed E-state index contributed by atoms with van der Waals surface area (Å²) < 4.78 is 9.03. The third-order valence-electron chi connectivity index (χ3n) is 6.23. The van der Waals surface area contributed by atoms with Crippen molar-refractivity contribution in [1.82, 2.24) is 14.3 Å². The van der Waals surface area contributed by atoms with E-state index in [1.165, 1.54) is 12.5 Å². The van der Waals surface area contributed by atoms with Crippen LogP contribution in [0.4, 0.5) is 5.82 Å². The van der Waals surface area contributed by atoms with E-state index in [1.807, 2.05) is 12.1 Å². The van der Waals surface area contributed by atoms with Gasteiger partial charge in [0.25, 0.3) is 0 Å². The van der Waals surface area contributed by atoms with Gasteiger partial charge in [0, 0.05) is 18.3 Å². The first-order chi connectivity index (χ1) is 16.7. The minimum atomic E-state index is -0.925. The quantitative estimate of drug-likeness (QED) is 0.347. The average molecular weight is 501 g/mol. The van der Waals surface area contributed by atoms with Gasteiger partial charge in [-0.05, 0) is 38.3 Å². The molecule has 1 fully saturated rings. The normalized spacial score (nSPS) is 15.7. The number of hydrogen-bond acceptors (Lipinski definition) is 5. The number of carbonyl (C=O) groups is 1. The van der Waals surface area contributed by atoms with Crippen molar-refractivity contribution in [3.8, 4) is 17.4 Å². The lowest BCUT2D eigenvalue weighted by atomic mass is 9.84. The molecule has 3 aromatic rings. The summed E-state index contributed by atoms with van der Waals surface area (Å²) >= 11 is 6.21. The van der Waals surface area contributed by atoms with Crippen LogP contribution in [0.25, 0.3) is 0 Å². The highest BCUT2D eigenvalue weighted by Crippen LogP contribution is 2.37. The van der Waals surface area contributed by atoms with Crippen molar-refractivity contribution in [2.24, 2.45) is 5.92 Å². The largest absolute Gasteiger partial charge is 0.494 e.